The van der Waals surface area contributed by atoms with Crippen LogP contribution in [0.5, 0.6) is 0 Å². The quantitative estimate of drug-likeness (QED) is 0.391. The molecule has 11 nitrogen and oxygen atoms in total. The van der Waals surface area contributed by atoms with Crippen LogP contribution < -0.4 is 16.8 Å². The molecular formula is C22H30N8O3. The average Bonchev–Trinajstić information content (AvgIpc) is 3.48. The van der Waals surface area contributed by atoms with Gasteiger partial charge in [-0.2, -0.15) is 5.10 Å². The summed E-state index contributed by atoms with van der Waals surface area (Å²) in [7, 11) is 0. The fraction of sp³-hybridized carbons (Fsp3) is 0.500. The minimum absolute atomic E-state index is 0.0147. The van der Waals surface area contributed by atoms with Gasteiger partial charge in [0, 0.05) is 23.7 Å². The summed E-state index contributed by atoms with van der Waals surface area (Å²) in [4.78, 5) is 21.1. The fourth-order valence-electron chi connectivity index (χ4n) is 4.27. The molecule has 1 fully saturated rings. The average molecular weight is 455 g/mol. The number of anilines is 2. The Morgan fingerprint density at radius 3 is 2.64 bits per heavy atom. The number of nitrogens with zero attached hydrogens (tertiary/aromatic N) is 5. The Labute approximate surface area is 191 Å². The highest BCUT2D eigenvalue weighted by atomic mass is 16.5. The molecule has 1 saturated carbocycles. The summed E-state index contributed by atoms with van der Waals surface area (Å²) >= 11 is 0. The summed E-state index contributed by atoms with van der Waals surface area (Å²) in [5, 5.41) is 21.2. The summed E-state index contributed by atoms with van der Waals surface area (Å²) in [5.74, 6) is 1.19. The number of nitrogens with one attached hydrogen (secondary N) is 1. The van der Waals surface area contributed by atoms with Crippen LogP contribution in [0.3, 0.4) is 0 Å². The Hall–Kier alpha value is -3.31. The van der Waals surface area contributed by atoms with Gasteiger partial charge in [0.2, 0.25) is 5.91 Å². The summed E-state index contributed by atoms with van der Waals surface area (Å²) in [6.45, 7) is 5.99. The number of carbonyl (C=O) groups excluding carboxylic acids is 1. The van der Waals surface area contributed by atoms with Gasteiger partial charge in [0.15, 0.2) is 5.82 Å². The first-order valence-corrected chi connectivity index (χ1v) is 11.1. The van der Waals surface area contributed by atoms with Crippen LogP contribution in [-0.2, 0) is 16.6 Å². The molecule has 3 aromatic rings. The van der Waals surface area contributed by atoms with Crippen molar-refractivity contribution in [1.82, 2.24) is 24.9 Å². The molecule has 0 spiro atoms. The topological polar surface area (TPSA) is 171 Å². The van der Waals surface area contributed by atoms with Crippen LogP contribution in [0, 0.1) is 0 Å². The van der Waals surface area contributed by atoms with Crippen LogP contribution in [0.4, 0.5) is 11.6 Å². The number of carbonyl (C=O) groups is 1. The highest BCUT2D eigenvalue weighted by Gasteiger charge is 2.34. The molecule has 0 radical (unpaired) electrons. The largest absolute Gasteiger partial charge is 0.384 e. The van der Waals surface area contributed by atoms with E-state index in [4.69, 9.17) is 16.0 Å². The van der Waals surface area contributed by atoms with E-state index >= 15 is 0 Å². The van der Waals surface area contributed by atoms with E-state index in [1.165, 1.54) is 25.2 Å². The van der Waals surface area contributed by atoms with Crippen molar-refractivity contribution in [1.29, 1.82) is 0 Å². The van der Waals surface area contributed by atoms with E-state index in [0.717, 1.165) is 18.6 Å². The minimum atomic E-state index is -1.31. The Bertz CT molecular complexity index is 1130. The number of hydrogen-bond acceptors (Lipinski definition) is 9. The molecule has 11 heteroatoms. The SMILES string of the molecule is CC(C)n1nc(-c2cnc(CC(=O)Nc3cc(C4(C)CCCC4)on3)cn2)c(C(N)O)c1N. The highest BCUT2D eigenvalue weighted by molar-refractivity contribution is 5.91. The number of hydrogen-bond donors (Lipinski definition) is 4. The number of nitrogens with two attached hydrogens (primary N) is 2. The molecule has 1 aliphatic rings. The summed E-state index contributed by atoms with van der Waals surface area (Å²) in [6.07, 6.45) is 6.13. The van der Waals surface area contributed by atoms with Crippen molar-refractivity contribution >= 4 is 17.5 Å². The van der Waals surface area contributed by atoms with Crippen molar-refractivity contribution in [2.75, 3.05) is 11.1 Å². The highest BCUT2D eigenvalue weighted by Crippen LogP contribution is 2.41. The Kier molecular flexibility index (Phi) is 6.17. The van der Waals surface area contributed by atoms with Gasteiger partial charge < -0.3 is 26.4 Å². The van der Waals surface area contributed by atoms with Crippen LogP contribution >= 0.6 is 0 Å². The lowest BCUT2D eigenvalue weighted by molar-refractivity contribution is -0.115. The van der Waals surface area contributed by atoms with Crippen molar-refractivity contribution < 1.29 is 14.4 Å². The molecule has 1 amide bonds. The van der Waals surface area contributed by atoms with E-state index in [1.807, 2.05) is 13.8 Å². The zero-order valence-electron chi connectivity index (χ0n) is 19.1. The number of amides is 1. The number of nitrogen functional groups attached to an aromatic ring is 1. The second-order valence-corrected chi connectivity index (χ2v) is 9.09. The third-order valence-electron chi connectivity index (χ3n) is 6.14. The normalized spacial score (nSPS) is 16.3. The van der Waals surface area contributed by atoms with Crippen LogP contribution in [0.25, 0.3) is 11.4 Å². The lowest BCUT2D eigenvalue weighted by atomic mass is 9.86. The molecule has 0 saturated heterocycles. The molecular weight excluding hydrogens is 424 g/mol. The van der Waals surface area contributed by atoms with Gasteiger partial charge in [-0.05, 0) is 26.7 Å². The molecule has 3 aromatic heterocycles. The van der Waals surface area contributed by atoms with Crippen LogP contribution in [0.1, 0.15) is 75.7 Å². The van der Waals surface area contributed by atoms with Crippen LogP contribution in [0.15, 0.2) is 23.0 Å². The van der Waals surface area contributed by atoms with Crippen LogP contribution in [-0.4, -0.2) is 35.9 Å². The van der Waals surface area contributed by atoms with E-state index in [9.17, 15) is 9.90 Å². The molecule has 33 heavy (non-hydrogen) atoms. The third-order valence-corrected chi connectivity index (χ3v) is 6.14. The molecule has 176 valence electrons. The monoisotopic (exact) mass is 454 g/mol. The number of aromatic nitrogens is 5. The summed E-state index contributed by atoms with van der Waals surface area (Å²) < 4.78 is 7.06. The first-order valence-electron chi connectivity index (χ1n) is 11.1. The molecule has 1 unspecified atom stereocenters. The molecule has 0 aliphatic heterocycles. The fourth-order valence-corrected chi connectivity index (χ4v) is 4.27. The van der Waals surface area contributed by atoms with Gasteiger partial charge in [0.05, 0.1) is 23.9 Å². The molecule has 0 bridgehead atoms. The van der Waals surface area contributed by atoms with E-state index in [0.29, 0.717) is 28.5 Å². The summed E-state index contributed by atoms with van der Waals surface area (Å²) in [6, 6.07) is 1.77. The maximum absolute atomic E-state index is 12.5. The van der Waals surface area contributed by atoms with Crippen LogP contribution in [0.2, 0.25) is 0 Å². The van der Waals surface area contributed by atoms with E-state index < -0.39 is 6.23 Å². The van der Waals surface area contributed by atoms with E-state index in [-0.39, 0.29) is 29.6 Å². The van der Waals surface area contributed by atoms with Gasteiger partial charge >= 0.3 is 0 Å². The molecule has 1 aliphatic carbocycles. The smallest absolute Gasteiger partial charge is 0.231 e. The number of aliphatic hydroxyl groups is 1. The van der Waals surface area contributed by atoms with Gasteiger partial charge in [0.1, 0.15) is 29.2 Å². The van der Waals surface area contributed by atoms with Gasteiger partial charge in [-0.25, -0.2) is 4.68 Å². The van der Waals surface area contributed by atoms with Crippen molar-refractivity contribution in [3.05, 3.63) is 35.5 Å². The van der Waals surface area contributed by atoms with Gasteiger partial charge in [-0.15, -0.1) is 0 Å². The van der Waals surface area contributed by atoms with Crippen molar-refractivity contribution in [2.24, 2.45) is 5.73 Å². The third kappa shape index (κ3) is 4.60. The second kappa shape index (κ2) is 8.91. The lowest BCUT2D eigenvalue weighted by Crippen LogP contribution is -2.16. The van der Waals surface area contributed by atoms with Gasteiger partial charge in [-0.3, -0.25) is 14.8 Å². The molecule has 3 heterocycles. The number of aliphatic hydroxyl groups excluding tert-OH is 1. The maximum Gasteiger partial charge on any atom is 0.231 e. The molecule has 4 rings (SSSR count). The predicted molar refractivity (Wildman–Crippen MR) is 122 cm³/mol. The summed E-state index contributed by atoms with van der Waals surface area (Å²) in [5.41, 5.74) is 13.3. The first kappa shape index (κ1) is 22.9. The zero-order chi connectivity index (χ0) is 23.8. The van der Waals surface area contributed by atoms with Crippen molar-refractivity contribution in [3.63, 3.8) is 0 Å². The van der Waals surface area contributed by atoms with Crippen molar-refractivity contribution in [3.8, 4) is 11.4 Å². The lowest BCUT2D eigenvalue weighted by Gasteiger charge is -2.18. The zero-order valence-corrected chi connectivity index (χ0v) is 19.1. The Morgan fingerprint density at radius 1 is 1.30 bits per heavy atom. The van der Waals surface area contributed by atoms with E-state index in [1.54, 1.807) is 10.7 Å². The Morgan fingerprint density at radius 2 is 2.03 bits per heavy atom. The standard InChI is InChI=1S/C22H30N8O3/c1-12(2)30-20(23)18(21(24)32)19(28-30)14-11-25-13(10-26-14)8-17(31)27-16-9-15(33-29-16)22(3)6-4-5-7-22/h9-12,21,32H,4-8,23-24H2,1-3H3,(H,27,29,31). The molecule has 0 aromatic carbocycles. The van der Waals surface area contributed by atoms with E-state index in [2.05, 4.69) is 32.5 Å². The maximum atomic E-state index is 12.5. The number of rotatable bonds is 7. The second-order valence-electron chi connectivity index (χ2n) is 9.09. The predicted octanol–water partition coefficient (Wildman–Crippen LogP) is 2.45. The first-order chi connectivity index (χ1) is 15.7. The minimum Gasteiger partial charge on any atom is -0.384 e. The van der Waals surface area contributed by atoms with Gasteiger partial charge in [-0.1, -0.05) is 24.9 Å². The van der Waals surface area contributed by atoms with Crippen molar-refractivity contribution in [2.45, 2.75) is 70.6 Å². The molecule has 1 atom stereocenters. The Balaban J connectivity index is 1.45. The molecule has 6 N–H and O–H groups in total. The van der Waals surface area contributed by atoms with Gasteiger partial charge in [0.25, 0.3) is 0 Å².